The fourth-order valence-electron chi connectivity index (χ4n) is 1.99. The van der Waals surface area contributed by atoms with Gasteiger partial charge in [-0.05, 0) is 19.9 Å². The smallest absolute Gasteiger partial charge is 0.233 e. The molecule has 106 valence electrons. The summed E-state index contributed by atoms with van der Waals surface area (Å²) in [6.07, 6.45) is 0. The summed E-state index contributed by atoms with van der Waals surface area (Å²) in [4.78, 5) is 0. The van der Waals surface area contributed by atoms with Crippen LogP contribution in [-0.2, 0) is 6.61 Å². The molecule has 2 heterocycles. The molecule has 0 amide bonds. The van der Waals surface area contributed by atoms with Crippen LogP contribution in [0.25, 0.3) is 11.3 Å². The van der Waals surface area contributed by atoms with E-state index in [0.29, 0.717) is 12.5 Å². The topological polar surface area (TPSA) is 61.0 Å². The first kappa shape index (κ1) is 13.3. The van der Waals surface area contributed by atoms with Gasteiger partial charge in [-0.25, -0.2) is 0 Å². The molecule has 0 radical (unpaired) electrons. The molecule has 0 bridgehead atoms. The van der Waals surface area contributed by atoms with Crippen LogP contribution in [0.1, 0.15) is 17.0 Å². The standard InChI is InChI=1S/C16H15N3O2/c1-11-8-9-15(18-17-11)20-10-14-12(2)21-19-16(14)13-6-4-3-5-7-13/h3-9H,10H2,1-2H3. The number of aromatic nitrogens is 3. The third-order valence-electron chi connectivity index (χ3n) is 3.17. The van der Waals surface area contributed by atoms with Crippen LogP contribution in [0.5, 0.6) is 5.88 Å². The molecule has 0 N–H and O–H groups in total. The molecule has 0 saturated heterocycles. The van der Waals surface area contributed by atoms with Crippen LogP contribution in [0.15, 0.2) is 47.0 Å². The molecule has 5 nitrogen and oxygen atoms in total. The molecule has 1 aromatic carbocycles. The van der Waals surface area contributed by atoms with Crippen LogP contribution in [0, 0.1) is 13.8 Å². The molecule has 0 fully saturated rings. The van der Waals surface area contributed by atoms with Crippen molar-refractivity contribution in [2.45, 2.75) is 20.5 Å². The van der Waals surface area contributed by atoms with Crippen LogP contribution < -0.4 is 4.74 Å². The van der Waals surface area contributed by atoms with Gasteiger partial charge in [0.05, 0.1) is 11.3 Å². The highest BCUT2D eigenvalue weighted by Crippen LogP contribution is 2.25. The molecule has 2 aromatic heterocycles. The van der Waals surface area contributed by atoms with Gasteiger partial charge in [-0.3, -0.25) is 0 Å². The van der Waals surface area contributed by atoms with Crippen molar-refractivity contribution in [2.24, 2.45) is 0 Å². The SMILES string of the molecule is Cc1ccc(OCc2c(-c3ccccc3)noc2C)nn1. The van der Waals surface area contributed by atoms with E-state index in [2.05, 4.69) is 15.4 Å². The van der Waals surface area contributed by atoms with Crippen molar-refractivity contribution < 1.29 is 9.26 Å². The third kappa shape index (κ3) is 2.91. The van der Waals surface area contributed by atoms with Crippen molar-refractivity contribution in [2.75, 3.05) is 0 Å². The number of nitrogens with zero attached hydrogens (tertiary/aromatic N) is 3. The van der Waals surface area contributed by atoms with Gasteiger partial charge in [-0.1, -0.05) is 35.5 Å². The van der Waals surface area contributed by atoms with Crippen LogP contribution in [0.4, 0.5) is 0 Å². The Morgan fingerprint density at radius 2 is 1.81 bits per heavy atom. The summed E-state index contributed by atoms with van der Waals surface area (Å²) in [6, 6.07) is 13.5. The summed E-state index contributed by atoms with van der Waals surface area (Å²) in [6.45, 7) is 4.10. The summed E-state index contributed by atoms with van der Waals surface area (Å²) >= 11 is 0. The molecule has 5 heteroatoms. The monoisotopic (exact) mass is 281 g/mol. The van der Waals surface area contributed by atoms with Crippen LogP contribution >= 0.6 is 0 Å². The minimum Gasteiger partial charge on any atom is -0.472 e. The number of ether oxygens (including phenoxy) is 1. The lowest BCUT2D eigenvalue weighted by Gasteiger charge is -2.05. The first-order valence-corrected chi connectivity index (χ1v) is 6.68. The molecule has 0 spiro atoms. The summed E-state index contributed by atoms with van der Waals surface area (Å²) in [5.74, 6) is 1.23. The maximum absolute atomic E-state index is 5.67. The van der Waals surface area contributed by atoms with Gasteiger partial charge in [-0.2, -0.15) is 5.10 Å². The molecule has 0 saturated carbocycles. The zero-order valence-electron chi connectivity index (χ0n) is 11.9. The summed E-state index contributed by atoms with van der Waals surface area (Å²) in [5.41, 5.74) is 3.58. The van der Waals surface area contributed by atoms with Crippen molar-refractivity contribution in [3.8, 4) is 17.1 Å². The number of benzene rings is 1. The summed E-state index contributed by atoms with van der Waals surface area (Å²) in [7, 11) is 0. The number of aryl methyl sites for hydroxylation is 2. The van der Waals surface area contributed by atoms with Gasteiger partial charge in [0.25, 0.3) is 0 Å². The molecule has 3 aromatic rings. The van der Waals surface area contributed by atoms with E-state index in [9.17, 15) is 0 Å². The Kier molecular flexibility index (Phi) is 3.64. The fraction of sp³-hybridized carbons (Fsp3) is 0.188. The van der Waals surface area contributed by atoms with Gasteiger partial charge in [0.15, 0.2) is 0 Å². The van der Waals surface area contributed by atoms with Crippen molar-refractivity contribution in [1.82, 2.24) is 15.4 Å². The average Bonchev–Trinajstić information content (AvgIpc) is 2.89. The van der Waals surface area contributed by atoms with Gasteiger partial charge in [-0.15, -0.1) is 5.10 Å². The van der Waals surface area contributed by atoms with E-state index in [4.69, 9.17) is 9.26 Å². The van der Waals surface area contributed by atoms with Gasteiger partial charge < -0.3 is 9.26 Å². The minimum absolute atomic E-state index is 0.345. The molecule has 0 aliphatic heterocycles. The summed E-state index contributed by atoms with van der Waals surface area (Å²) in [5, 5.41) is 12.1. The van der Waals surface area contributed by atoms with Crippen molar-refractivity contribution in [1.29, 1.82) is 0 Å². The van der Waals surface area contributed by atoms with Crippen LogP contribution in [0.2, 0.25) is 0 Å². The predicted octanol–water partition coefficient (Wildman–Crippen LogP) is 3.33. The van der Waals surface area contributed by atoms with E-state index < -0.39 is 0 Å². The maximum Gasteiger partial charge on any atom is 0.233 e. The van der Waals surface area contributed by atoms with Crippen LogP contribution in [-0.4, -0.2) is 15.4 Å². The number of hydrogen-bond donors (Lipinski definition) is 0. The van der Waals surface area contributed by atoms with E-state index >= 15 is 0 Å². The lowest BCUT2D eigenvalue weighted by atomic mass is 10.1. The molecule has 0 atom stereocenters. The highest BCUT2D eigenvalue weighted by atomic mass is 16.5. The van der Waals surface area contributed by atoms with E-state index in [-0.39, 0.29) is 0 Å². The highest BCUT2D eigenvalue weighted by Gasteiger charge is 2.15. The third-order valence-corrected chi connectivity index (χ3v) is 3.17. The Bertz CT molecular complexity index is 721. The van der Waals surface area contributed by atoms with Gasteiger partial charge in [0.1, 0.15) is 18.1 Å². The van der Waals surface area contributed by atoms with Crippen molar-refractivity contribution in [3.63, 3.8) is 0 Å². The van der Waals surface area contributed by atoms with Crippen LogP contribution in [0.3, 0.4) is 0 Å². The molecular weight excluding hydrogens is 266 g/mol. The quantitative estimate of drug-likeness (QED) is 0.734. The maximum atomic E-state index is 5.67. The molecule has 0 aliphatic carbocycles. The van der Waals surface area contributed by atoms with Crippen molar-refractivity contribution >= 4 is 0 Å². The van der Waals surface area contributed by atoms with Gasteiger partial charge in [0.2, 0.25) is 5.88 Å². The first-order chi connectivity index (χ1) is 10.2. The second-order valence-corrected chi connectivity index (χ2v) is 4.73. The average molecular weight is 281 g/mol. The Morgan fingerprint density at radius 3 is 2.52 bits per heavy atom. The first-order valence-electron chi connectivity index (χ1n) is 6.68. The van der Waals surface area contributed by atoms with Gasteiger partial charge >= 0.3 is 0 Å². The second-order valence-electron chi connectivity index (χ2n) is 4.73. The normalized spacial score (nSPS) is 10.6. The molecule has 0 aliphatic rings. The largest absolute Gasteiger partial charge is 0.472 e. The summed E-state index contributed by atoms with van der Waals surface area (Å²) < 4.78 is 11.0. The number of hydrogen-bond acceptors (Lipinski definition) is 5. The molecule has 3 rings (SSSR count). The Morgan fingerprint density at radius 1 is 1.00 bits per heavy atom. The van der Waals surface area contributed by atoms with E-state index in [0.717, 1.165) is 28.3 Å². The predicted molar refractivity (Wildman–Crippen MR) is 77.8 cm³/mol. The zero-order chi connectivity index (χ0) is 14.7. The van der Waals surface area contributed by atoms with E-state index in [1.165, 1.54) is 0 Å². The molecule has 21 heavy (non-hydrogen) atoms. The number of rotatable bonds is 4. The Labute approximate surface area is 122 Å². The van der Waals surface area contributed by atoms with Crippen molar-refractivity contribution in [3.05, 3.63) is 59.5 Å². The Hall–Kier alpha value is -2.69. The zero-order valence-corrected chi connectivity index (χ0v) is 11.9. The molecule has 0 unspecified atom stereocenters. The lowest BCUT2D eigenvalue weighted by molar-refractivity contribution is 0.287. The highest BCUT2D eigenvalue weighted by molar-refractivity contribution is 5.63. The lowest BCUT2D eigenvalue weighted by Crippen LogP contribution is -2.00. The van der Waals surface area contributed by atoms with Gasteiger partial charge in [0, 0.05) is 11.6 Å². The molecular formula is C16H15N3O2. The van der Waals surface area contributed by atoms with E-state index in [1.54, 1.807) is 6.07 Å². The fourth-order valence-corrected chi connectivity index (χ4v) is 1.99. The Balaban J connectivity index is 1.82. The van der Waals surface area contributed by atoms with E-state index in [1.807, 2.05) is 50.2 Å². The minimum atomic E-state index is 0.345. The second kappa shape index (κ2) is 5.75.